The first-order valence-corrected chi connectivity index (χ1v) is 8.92. The van der Waals surface area contributed by atoms with Crippen LogP contribution in [0.25, 0.3) is 0 Å². The van der Waals surface area contributed by atoms with E-state index in [1.165, 1.54) is 0 Å². The van der Waals surface area contributed by atoms with Gasteiger partial charge in [-0.1, -0.05) is 23.7 Å². The van der Waals surface area contributed by atoms with Gasteiger partial charge in [-0.25, -0.2) is 9.97 Å². The average Bonchev–Trinajstić information content (AvgIpc) is 2.62. The fourth-order valence-corrected chi connectivity index (χ4v) is 3.28. The Labute approximate surface area is 154 Å². The number of nitrogens with zero attached hydrogens (tertiary/aromatic N) is 4. The molecule has 2 aromatic rings. The summed E-state index contributed by atoms with van der Waals surface area (Å²) >= 11 is 5.92. The third-order valence-corrected chi connectivity index (χ3v) is 5.06. The highest BCUT2D eigenvalue weighted by Gasteiger charge is 2.23. The monoisotopic (exact) mass is 360 g/mol. The number of anilines is 3. The zero-order chi connectivity index (χ0) is 17.8. The third-order valence-electron chi connectivity index (χ3n) is 4.81. The minimum Gasteiger partial charge on any atom is -0.393 e. The summed E-state index contributed by atoms with van der Waals surface area (Å²) in [6, 6.07) is 8.18. The smallest absolute Gasteiger partial charge is 0.157 e. The van der Waals surface area contributed by atoms with E-state index >= 15 is 0 Å². The minimum absolute atomic E-state index is 0.456. The Morgan fingerprint density at radius 2 is 1.92 bits per heavy atom. The van der Waals surface area contributed by atoms with Crippen molar-refractivity contribution in [2.75, 3.05) is 43.1 Å². The van der Waals surface area contributed by atoms with Crippen LogP contribution in [0, 0.1) is 0 Å². The van der Waals surface area contributed by atoms with E-state index in [-0.39, 0.29) is 0 Å². The van der Waals surface area contributed by atoms with Crippen LogP contribution >= 0.6 is 11.6 Å². The van der Waals surface area contributed by atoms with Gasteiger partial charge in [0, 0.05) is 24.7 Å². The van der Waals surface area contributed by atoms with Crippen molar-refractivity contribution < 1.29 is 0 Å². The highest BCUT2D eigenvalue weighted by molar-refractivity contribution is 6.30. The lowest BCUT2D eigenvalue weighted by Gasteiger charge is -2.36. The molecule has 0 amide bonds. The molecule has 25 heavy (non-hydrogen) atoms. The van der Waals surface area contributed by atoms with E-state index in [1.807, 2.05) is 24.3 Å². The highest BCUT2D eigenvalue weighted by atomic mass is 35.5. The van der Waals surface area contributed by atoms with E-state index in [0.717, 1.165) is 42.3 Å². The second-order valence-electron chi connectivity index (χ2n) is 6.58. The number of nitrogens with two attached hydrogens (primary N) is 1. The van der Waals surface area contributed by atoms with Crippen molar-refractivity contribution in [3.63, 3.8) is 0 Å². The Hall–Kier alpha value is -2.05. The van der Waals surface area contributed by atoms with Crippen molar-refractivity contribution in [2.24, 2.45) is 0 Å². The normalized spacial score (nSPS) is 16.0. The number of nitrogen functional groups attached to an aromatic ring is 1. The Morgan fingerprint density at radius 3 is 2.60 bits per heavy atom. The molecule has 1 aliphatic rings. The van der Waals surface area contributed by atoms with Gasteiger partial charge in [0.1, 0.15) is 12.0 Å². The van der Waals surface area contributed by atoms with Gasteiger partial charge >= 0.3 is 0 Å². The second-order valence-corrected chi connectivity index (χ2v) is 7.02. The van der Waals surface area contributed by atoms with Gasteiger partial charge in [-0.2, -0.15) is 0 Å². The SMILES string of the molecule is CN1CCC(N(C)c2ncnc(NCc3ccc(Cl)cc3)c2N)CC1. The van der Waals surface area contributed by atoms with Crippen LogP contribution in [-0.4, -0.2) is 48.1 Å². The van der Waals surface area contributed by atoms with E-state index < -0.39 is 0 Å². The van der Waals surface area contributed by atoms with Gasteiger partial charge in [0.2, 0.25) is 0 Å². The zero-order valence-corrected chi connectivity index (χ0v) is 15.5. The van der Waals surface area contributed by atoms with Crippen LogP contribution in [0.1, 0.15) is 18.4 Å². The van der Waals surface area contributed by atoms with Crippen molar-refractivity contribution in [1.82, 2.24) is 14.9 Å². The molecule has 0 atom stereocenters. The van der Waals surface area contributed by atoms with Crippen molar-refractivity contribution in [3.05, 3.63) is 41.2 Å². The first kappa shape index (κ1) is 17.8. The van der Waals surface area contributed by atoms with Crippen molar-refractivity contribution in [2.45, 2.75) is 25.4 Å². The lowest BCUT2D eigenvalue weighted by atomic mass is 10.0. The maximum Gasteiger partial charge on any atom is 0.157 e. The molecule has 3 rings (SSSR count). The lowest BCUT2D eigenvalue weighted by molar-refractivity contribution is 0.252. The summed E-state index contributed by atoms with van der Waals surface area (Å²) in [4.78, 5) is 13.3. The molecule has 0 saturated carbocycles. The number of piperidine rings is 1. The first-order valence-electron chi connectivity index (χ1n) is 8.54. The fourth-order valence-electron chi connectivity index (χ4n) is 3.15. The van der Waals surface area contributed by atoms with Crippen molar-refractivity contribution in [1.29, 1.82) is 0 Å². The number of halogens is 1. The molecule has 1 aromatic heterocycles. The largest absolute Gasteiger partial charge is 0.393 e. The van der Waals surface area contributed by atoms with Crippen LogP contribution in [0.15, 0.2) is 30.6 Å². The first-order chi connectivity index (χ1) is 12.0. The Morgan fingerprint density at radius 1 is 1.24 bits per heavy atom. The molecule has 7 heteroatoms. The topological polar surface area (TPSA) is 70.3 Å². The van der Waals surface area contributed by atoms with Crippen LogP contribution < -0.4 is 16.0 Å². The average molecular weight is 361 g/mol. The molecule has 6 nitrogen and oxygen atoms in total. The van der Waals surface area contributed by atoms with Gasteiger partial charge in [-0.15, -0.1) is 0 Å². The summed E-state index contributed by atoms with van der Waals surface area (Å²) in [5.74, 6) is 1.46. The molecule has 2 heterocycles. The number of likely N-dealkylation sites (tertiary alicyclic amines) is 1. The summed E-state index contributed by atoms with van der Waals surface area (Å²) in [6.07, 6.45) is 3.80. The van der Waals surface area contributed by atoms with Crippen LogP contribution in [-0.2, 0) is 6.54 Å². The third kappa shape index (κ3) is 4.32. The maximum atomic E-state index is 6.35. The summed E-state index contributed by atoms with van der Waals surface area (Å²) in [6.45, 7) is 2.83. The Kier molecular flexibility index (Phi) is 5.60. The van der Waals surface area contributed by atoms with E-state index in [4.69, 9.17) is 17.3 Å². The molecule has 0 aliphatic carbocycles. The van der Waals surface area contributed by atoms with Crippen molar-refractivity contribution in [3.8, 4) is 0 Å². The van der Waals surface area contributed by atoms with Gasteiger partial charge < -0.3 is 20.9 Å². The number of hydrogen-bond acceptors (Lipinski definition) is 6. The summed E-state index contributed by atoms with van der Waals surface area (Å²) < 4.78 is 0. The molecule has 0 unspecified atom stereocenters. The van der Waals surface area contributed by atoms with E-state index in [0.29, 0.717) is 24.1 Å². The van der Waals surface area contributed by atoms with Crippen molar-refractivity contribution >= 4 is 28.9 Å². The zero-order valence-electron chi connectivity index (χ0n) is 14.7. The molecule has 1 fully saturated rings. The molecular formula is C18H25ClN6. The van der Waals surface area contributed by atoms with Gasteiger partial charge in [-0.05, 0) is 50.7 Å². The minimum atomic E-state index is 0.456. The predicted octanol–water partition coefficient (Wildman–Crippen LogP) is 2.85. The van der Waals surface area contributed by atoms with Gasteiger partial charge in [-0.3, -0.25) is 0 Å². The number of hydrogen-bond donors (Lipinski definition) is 2. The molecule has 1 aromatic carbocycles. The molecule has 0 bridgehead atoms. The van der Waals surface area contributed by atoms with Crippen LogP contribution in [0.5, 0.6) is 0 Å². The van der Waals surface area contributed by atoms with Crippen LogP contribution in [0.3, 0.4) is 0 Å². The van der Waals surface area contributed by atoms with Crippen LogP contribution in [0.4, 0.5) is 17.3 Å². The van der Waals surface area contributed by atoms with E-state index in [9.17, 15) is 0 Å². The molecule has 1 aliphatic heterocycles. The van der Waals surface area contributed by atoms with Crippen LogP contribution in [0.2, 0.25) is 5.02 Å². The molecule has 0 spiro atoms. The fraction of sp³-hybridized carbons (Fsp3) is 0.444. The maximum absolute atomic E-state index is 6.35. The van der Waals surface area contributed by atoms with Gasteiger partial charge in [0.05, 0.1) is 0 Å². The lowest BCUT2D eigenvalue weighted by Crippen LogP contribution is -2.42. The Bertz CT molecular complexity index is 697. The molecular weight excluding hydrogens is 336 g/mol. The summed E-state index contributed by atoms with van der Waals surface area (Å²) in [7, 11) is 4.23. The summed E-state index contributed by atoms with van der Waals surface area (Å²) in [5, 5.41) is 4.03. The molecule has 134 valence electrons. The molecule has 1 saturated heterocycles. The Balaban J connectivity index is 1.69. The predicted molar refractivity (Wildman–Crippen MR) is 104 cm³/mol. The van der Waals surface area contributed by atoms with Gasteiger partial charge in [0.25, 0.3) is 0 Å². The van der Waals surface area contributed by atoms with E-state index in [1.54, 1.807) is 6.33 Å². The molecule has 0 radical (unpaired) electrons. The highest BCUT2D eigenvalue weighted by Crippen LogP contribution is 2.29. The second kappa shape index (κ2) is 7.89. The number of aromatic nitrogens is 2. The van der Waals surface area contributed by atoms with E-state index in [2.05, 4.69) is 39.2 Å². The molecule has 3 N–H and O–H groups in total. The standard InChI is InChI=1S/C18H25ClN6/c1-24-9-7-15(8-10-24)25(2)18-16(20)17(22-12-23-18)21-11-13-3-5-14(19)6-4-13/h3-6,12,15H,7-11,20H2,1-2H3,(H,21,22,23). The number of rotatable bonds is 5. The van der Waals surface area contributed by atoms with Gasteiger partial charge in [0.15, 0.2) is 11.6 Å². The number of nitrogens with one attached hydrogen (secondary N) is 1. The number of benzene rings is 1. The quantitative estimate of drug-likeness (QED) is 0.854. The summed E-state index contributed by atoms with van der Waals surface area (Å²) in [5.41, 5.74) is 8.06.